The molecule has 0 saturated carbocycles. The second-order valence-corrected chi connectivity index (χ2v) is 5.21. The molecule has 1 aromatic carbocycles. The zero-order chi connectivity index (χ0) is 13.0. The van der Waals surface area contributed by atoms with Gasteiger partial charge in [0, 0.05) is 38.3 Å². The van der Waals surface area contributed by atoms with E-state index >= 15 is 0 Å². The van der Waals surface area contributed by atoms with Gasteiger partial charge in [0.25, 0.3) is 0 Å². The van der Waals surface area contributed by atoms with E-state index in [1.54, 1.807) is 7.11 Å². The number of anilines is 1. The maximum Gasteiger partial charge on any atom is 0.0508 e. The van der Waals surface area contributed by atoms with Gasteiger partial charge in [-0.15, -0.1) is 0 Å². The lowest BCUT2D eigenvalue weighted by atomic mass is 10.1. The molecule has 1 aliphatic rings. The summed E-state index contributed by atoms with van der Waals surface area (Å²) in [6.07, 6.45) is 1.24. The Kier molecular flexibility index (Phi) is 4.61. The van der Waals surface area contributed by atoms with Gasteiger partial charge in [0.05, 0.1) is 6.61 Å². The number of nitrogens with zero attached hydrogens (tertiary/aromatic N) is 1. The van der Waals surface area contributed by atoms with Gasteiger partial charge in [-0.1, -0.05) is 12.1 Å². The van der Waals surface area contributed by atoms with Crippen LogP contribution in [0.25, 0.3) is 0 Å². The van der Waals surface area contributed by atoms with Crippen LogP contribution in [0.1, 0.15) is 17.5 Å². The number of benzene rings is 1. The predicted octanol–water partition coefficient (Wildman–Crippen LogP) is 2.19. The Bertz CT molecular complexity index is 392. The highest BCUT2D eigenvalue weighted by Crippen LogP contribution is 2.27. The van der Waals surface area contributed by atoms with Crippen LogP contribution in [0.15, 0.2) is 18.2 Å². The molecule has 2 rings (SSSR count). The lowest BCUT2D eigenvalue weighted by Crippen LogP contribution is -2.22. The molecule has 1 aliphatic heterocycles. The topological polar surface area (TPSA) is 24.5 Å². The molecule has 0 bridgehead atoms. The molecule has 18 heavy (non-hydrogen) atoms. The first-order valence-electron chi connectivity index (χ1n) is 6.72. The third-order valence-corrected chi connectivity index (χ3v) is 3.67. The maximum absolute atomic E-state index is 5.26. The first-order chi connectivity index (χ1) is 8.74. The summed E-state index contributed by atoms with van der Waals surface area (Å²) in [6.45, 7) is 6.30. The summed E-state index contributed by atoms with van der Waals surface area (Å²) in [5.41, 5.74) is 4.11. The number of aryl methyl sites for hydroxylation is 1. The molecule has 0 aliphatic carbocycles. The second kappa shape index (κ2) is 6.21. The number of methoxy groups -OCH3 is 1. The maximum atomic E-state index is 5.26. The van der Waals surface area contributed by atoms with Crippen LogP contribution in [0.3, 0.4) is 0 Å². The van der Waals surface area contributed by atoms with Crippen molar-refractivity contribution < 1.29 is 4.74 Å². The molecule has 0 radical (unpaired) electrons. The van der Waals surface area contributed by atoms with Crippen LogP contribution in [0.4, 0.5) is 5.69 Å². The summed E-state index contributed by atoms with van der Waals surface area (Å²) in [5.74, 6) is 0.686. The van der Waals surface area contributed by atoms with Gasteiger partial charge in [0.15, 0.2) is 0 Å². The van der Waals surface area contributed by atoms with E-state index in [-0.39, 0.29) is 0 Å². The fourth-order valence-corrected chi connectivity index (χ4v) is 2.81. The van der Waals surface area contributed by atoms with E-state index in [4.69, 9.17) is 4.74 Å². The van der Waals surface area contributed by atoms with Crippen LogP contribution >= 0.6 is 0 Å². The number of ether oxygens (including phenoxy) is 1. The van der Waals surface area contributed by atoms with Crippen molar-refractivity contribution in [1.82, 2.24) is 5.32 Å². The molecular weight excluding hydrogens is 224 g/mol. The Morgan fingerprint density at radius 1 is 1.44 bits per heavy atom. The van der Waals surface area contributed by atoms with E-state index < -0.39 is 0 Å². The van der Waals surface area contributed by atoms with Crippen molar-refractivity contribution in [2.45, 2.75) is 19.9 Å². The third-order valence-electron chi connectivity index (χ3n) is 3.67. The van der Waals surface area contributed by atoms with Gasteiger partial charge in [-0.3, -0.25) is 0 Å². The van der Waals surface area contributed by atoms with Gasteiger partial charge in [0.2, 0.25) is 0 Å². The van der Waals surface area contributed by atoms with E-state index in [2.05, 4.69) is 35.3 Å². The summed E-state index contributed by atoms with van der Waals surface area (Å²) in [4.78, 5) is 2.49. The Morgan fingerprint density at radius 2 is 2.28 bits per heavy atom. The fourth-order valence-electron chi connectivity index (χ4n) is 2.81. The standard InChI is InChI=1S/C15H24N2O/c1-12-8-13(9-16-2)4-5-15(12)17-7-6-14(10-17)11-18-3/h4-5,8,14,16H,6-7,9-11H2,1-3H3. The Balaban J connectivity index is 2.05. The van der Waals surface area contributed by atoms with Crippen LogP contribution in [-0.4, -0.2) is 33.9 Å². The van der Waals surface area contributed by atoms with Crippen molar-refractivity contribution >= 4 is 5.69 Å². The molecule has 1 N–H and O–H groups in total. The Hall–Kier alpha value is -1.06. The second-order valence-electron chi connectivity index (χ2n) is 5.21. The summed E-state index contributed by atoms with van der Waals surface area (Å²) in [6, 6.07) is 6.77. The molecule has 3 heteroatoms. The molecule has 1 saturated heterocycles. The van der Waals surface area contributed by atoms with Crippen LogP contribution in [0.5, 0.6) is 0 Å². The molecule has 100 valence electrons. The number of hydrogen-bond acceptors (Lipinski definition) is 3. The third kappa shape index (κ3) is 3.03. The number of nitrogens with one attached hydrogen (secondary N) is 1. The van der Waals surface area contributed by atoms with Crippen molar-refractivity contribution in [3.63, 3.8) is 0 Å². The Morgan fingerprint density at radius 3 is 2.94 bits per heavy atom. The van der Waals surface area contributed by atoms with Crippen LogP contribution in [0.2, 0.25) is 0 Å². The minimum absolute atomic E-state index is 0.686. The lowest BCUT2D eigenvalue weighted by Gasteiger charge is -2.21. The highest BCUT2D eigenvalue weighted by atomic mass is 16.5. The molecular formula is C15H24N2O. The fraction of sp³-hybridized carbons (Fsp3) is 0.600. The molecule has 1 heterocycles. The predicted molar refractivity (Wildman–Crippen MR) is 76.1 cm³/mol. The number of hydrogen-bond donors (Lipinski definition) is 1. The van der Waals surface area contributed by atoms with Gasteiger partial charge in [0.1, 0.15) is 0 Å². The summed E-state index contributed by atoms with van der Waals surface area (Å²) in [7, 11) is 3.78. The van der Waals surface area contributed by atoms with Gasteiger partial charge in [-0.25, -0.2) is 0 Å². The monoisotopic (exact) mass is 248 g/mol. The van der Waals surface area contributed by atoms with Crippen molar-refractivity contribution in [3.8, 4) is 0 Å². The minimum Gasteiger partial charge on any atom is -0.384 e. The molecule has 0 aromatic heterocycles. The zero-order valence-corrected chi connectivity index (χ0v) is 11.7. The summed E-state index contributed by atoms with van der Waals surface area (Å²) in [5, 5.41) is 3.19. The van der Waals surface area contributed by atoms with Crippen LogP contribution in [0, 0.1) is 12.8 Å². The number of rotatable bonds is 5. The molecule has 1 atom stereocenters. The molecule has 1 fully saturated rings. The largest absolute Gasteiger partial charge is 0.384 e. The highest BCUT2D eigenvalue weighted by molar-refractivity contribution is 5.55. The average molecular weight is 248 g/mol. The van der Waals surface area contributed by atoms with Crippen LogP contribution in [-0.2, 0) is 11.3 Å². The first kappa shape index (κ1) is 13.4. The summed E-state index contributed by atoms with van der Waals surface area (Å²) >= 11 is 0. The highest BCUT2D eigenvalue weighted by Gasteiger charge is 2.23. The van der Waals surface area contributed by atoms with Crippen molar-refractivity contribution in [2.75, 3.05) is 38.8 Å². The van der Waals surface area contributed by atoms with Crippen LogP contribution < -0.4 is 10.2 Å². The van der Waals surface area contributed by atoms with E-state index in [0.29, 0.717) is 5.92 Å². The van der Waals surface area contributed by atoms with E-state index in [1.807, 2.05) is 7.05 Å². The average Bonchev–Trinajstić information content (AvgIpc) is 2.78. The minimum atomic E-state index is 0.686. The van der Waals surface area contributed by atoms with E-state index in [9.17, 15) is 0 Å². The lowest BCUT2D eigenvalue weighted by molar-refractivity contribution is 0.161. The molecule has 0 amide bonds. The molecule has 0 spiro atoms. The van der Waals surface area contributed by atoms with Gasteiger partial charge < -0.3 is 15.0 Å². The van der Waals surface area contributed by atoms with Gasteiger partial charge in [-0.2, -0.15) is 0 Å². The Labute approximate surface area is 110 Å². The quantitative estimate of drug-likeness (QED) is 0.864. The first-order valence-corrected chi connectivity index (χ1v) is 6.72. The van der Waals surface area contributed by atoms with Crippen molar-refractivity contribution in [3.05, 3.63) is 29.3 Å². The zero-order valence-electron chi connectivity index (χ0n) is 11.7. The summed E-state index contributed by atoms with van der Waals surface area (Å²) < 4.78 is 5.26. The van der Waals surface area contributed by atoms with E-state index in [0.717, 1.165) is 26.2 Å². The normalized spacial score (nSPS) is 19.5. The smallest absolute Gasteiger partial charge is 0.0508 e. The van der Waals surface area contributed by atoms with Gasteiger partial charge in [-0.05, 0) is 37.6 Å². The SMILES string of the molecule is CNCc1ccc(N2CCC(COC)C2)c(C)c1. The molecule has 3 nitrogen and oxygen atoms in total. The van der Waals surface area contributed by atoms with E-state index in [1.165, 1.54) is 23.2 Å². The molecule has 1 unspecified atom stereocenters. The molecule has 1 aromatic rings. The van der Waals surface area contributed by atoms with Gasteiger partial charge >= 0.3 is 0 Å². The van der Waals surface area contributed by atoms with Crippen molar-refractivity contribution in [2.24, 2.45) is 5.92 Å². The van der Waals surface area contributed by atoms with Crippen molar-refractivity contribution in [1.29, 1.82) is 0 Å².